The molecule has 2 N–H and O–H groups in total. The minimum absolute atomic E-state index is 0.0219. The SMILES string of the molecule is COc1ccc([C@H](NC(=O)CN[C@H]2CCN(C)[C@@H]2c2ccccc2)C(C)C)cc1. The molecular weight excluding hydrogens is 362 g/mol. The van der Waals surface area contributed by atoms with Crippen molar-refractivity contribution in [3.63, 3.8) is 0 Å². The van der Waals surface area contributed by atoms with Crippen LogP contribution in [-0.4, -0.2) is 44.1 Å². The lowest BCUT2D eigenvalue weighted by molar-refractivity contribution is -0.121. The van der Waals surface area contributed by atoms with E-state index in [2.05, 4.69) is 60.7 Å². The summed E-state index contributed by atoms with van der Waals surface area (Å²) < 4.78 is 5.24. The zero-order valence-corrected chi connectivity index (χ0v) is 17.9. The first-order valence-corrected chi connectivity index (χ1v) is 10.4. The average Bonchev–Trinajstić information content (AvgIpc) is 3.11. The lowest BCUT2D eigenvalue weighted by Gasteiger charge is -2.27. The van der Waals surface area contributed by atoms with E-state index in [1.807, 2.05) is 30.3 Å². The molecule has 0 spiro atoms. The Hall–Kier alpha value is -2.37. The molecule has 0 saturated carbocycles. The van der Waals surface area contributed by atoms with Gasteiger partial charge in [-0.1, -0.05) is 56.3 Å². The van der Waals surface area contributed by atoms with Gasteiger partial charge in [-0.2, -0.15) is 0 Å². The van der Waals surface area contributed by atoms with Crippen LogP contribution in [0.3, 0.4) is 0 Å². The molecule has 156 valence electrons. The Labute approximate surface area is 174 Å². The Bertz CT molecular complexity index is 776. The molecule has 1 fully saturated rings. The van der Waals surface area contributed by atoms with Gasteiger partial charge in [0.15, 0.2) is 0 Å². The van der Waals surface area contributed by atoms with Crippen molar-refractivity contribution in [3.05, 3.63) is 65.7 Å². The number of nitrogens with one attached hydrogen (secondary N) is 2. The fourth-order valence-corrected chi connectivity index (χ4v) is 4.19. The number of benzene rings is 2. The van der Waals surface area contributed by atoms with Crippen LogP contribution in [0, 0.1) is 5.92 Å². The van der Waals surface area contributed by atoms with Crippen LogP contribution in [0.2, 0.25) is 0 Å². The van der Waals surface area contributed by atoms with Gasteiger partial charge in [0.2, 0.25) is 5.91 Å². The van der Waals surface area contributed by atoms with E-state index in [1.54, 1.807) is 7.11 Å². The first kappa shape index (κ1) is 21.3. The molecule has 1 saturated heterocycles. The molecule has 2 aromatic carbocycles. The molecule has 2 aromatic rings. The van der Waals surface area contributed by atoms with Crippen molar-refractivity contribution in [2.45, 2.75) is 38.4 Å². The Morgan fingerprint density at radius 1 is 1.14 bits per heavy atom. The Morgan fingerprint density at radius 2 is 1.83 bits per heavy atom. The highest BCUT2D eigenvalue weighted by atomic mass is 16.5. The van der Waals surface area contributed by atoms with Gasteiger partial charge in [0.05, 0.1) is 19.7 Å². The molecule has 1 aliphatic heterocycles. The van der Waals surface area contributed by atoms with Crippen molar-refractivity contribution < 1.29 is 9.53 Å². The van der Waals surface area contributed by atoms with Gasteiger partial charge in [0, 0.05) is 18.6 Å². The van der Waals surface area contributed by atoms with Crippen molar-refractivity contribution >= 4 is 5.91 Å². The van der Waals surface area contributed by atoms with E-state index in [-0.39, 0.29) is 18.0 Å². The van der Waals surface area contributed by atoms with Crippen LogP contribution in [0.1, 0.15) is 43.5 Å². The third-order valence-electron chi connectivity index (χ3n) is 5.77. The zero-order chi connectivity index (χ0) is 20.8. The molecule has 0 unspecified atom stereocenters. The first-order valence-electron chi connectivity index (χ1n) is 10.4. The van der Waals surface area contributed by atoms with Crippen LogP contribution in [0.25, 0.3) is 0 Å². The number of nitrogens with zero attached hydrogens (tertiary/aromatic N) is 1. The summed E-state index contributed by atoms with van der Waals surface area (Å²) in [6.45, 7) is 5.60. The number of likely N-dealkylation sites (N-methyl/N-ethyl adjacent to an activating group) is 1. The van der Waals surface area contributed by atoms with E-state index >= 15 is 0 Å². The molecule has 0 radical (unpaired) electrons. The van der Waals surface area contributed by atoms with E-state index in [4.69, 9.17) is 4.74 Å². The number of carbonyl (C=O) groups is 1. The third-order valence-corrected chi connectivity index (χ3v) is 5.77. The molecule has 0 aliphatic carbocycles. The predicted molar refractivity (Wildman–Crippen MR) is 117 cm³/mol. The van der Waals surface area contributed by atoms with Crippen molar-refractivity contribution in [3.8, 4) is 5.75 Å². The molecule has 5 nitrogen and oxygen atoms in total. The second-order valence-corrected chi connectivity index (χ2v) is 8.17. The number of rotatable bonds is 8. The highest BCUT2D eigenvalue weighted by Crippen LogP contribution is 2.30. The molecular formula is C24H33N3O2. The molecule has 0 bridgehead atoms. The van der Waals surface area contributed by atoms with Gasteiger partial charge in [-0.25, -0.2) is 0 Å². The van der Waals surface area contributed by atoms with Gasteiger partial charge in [0.1, 0.15) is 5.75 Å². The summed E-state index contributed by atoms with van der Waals surface area (Å²) in [7, 11) is 3.81. The van der Waals surface area contributed by atoms with Gasteiger partial charge in [0.25, 0.3) is 0 Å². The largest absolute Gasteiger partial charge is 0.497 e. The third kappa shape index (κ3) is 5.37. The van der Waals surface area contributed by atoms with Crippen LogP contribution < -0.4 is 15.4 Å². The summed E-state index contributed by atoms with van der Waals surface area (Å²) in [6.07, 6.45) is 1.04. The van der Waals surface area contributed by atoms with Crippen molar-refractivity contribution in [2.75, 3.05) is 27.2 Å². The fourth-order valence-electron chi connectivity index (χ4n) is 4.19. The smallest absolute Gasteiger partial charge is 0.234 e. The zero-order valence-electron chi connectivity index (χ0n) is 17.9. The lowest BCUT2D eigenvalue weighted by atomic mass is 9.96. The number of hydrogen-bond acceptors (Lipinski definition) is 4. The fraction of sp³-hybridized carbons (Fsp3) is 0.458. The quantitative estimate of drug-likeness (QED) is 0.718. The molecule has 3 rings (SSSR count). The second kappa shape index (κ2) is 9.90. The summed E-state index contributed by atoms with van der Waals surface area (Å²) in [6, 6.07) is 19.0. The maximum atomic E-state index is 12.7. The number of carbonyl (C=O) groups excluding carboxylic acids is 1. The first-order chi connectivity index (χ1) is 14.0. The minimum Gasteiger partial charge on any atom is -0.497 e. The van der Waals surface area contributed by atoms with E-state index in [1.165, 1.54) is 5.56 Å². The summed E-state index contributed by atoms with van der Waals surface area (Å²) in [5.41, 5.74) is 2.39. The number of ether oxygens (including phenoxy) is 1. The van der Waals surface area contributed by atoms with Crippen LogP contribution in [0.15, 0.2) is 54.6 Å². The summed E-state index contributed by atoms with van der Waals surface area (Å²) in [5.74, 6) is 1.14. The lowest BCUT2D eigenvalue weighted by Crippen LogP contribution is -2.43. The van der Waals surface area contributed by atoms with Crippen LogP contribution in [-0.2, 0) is 4.79 Å². The molecule has 1 aliphatic rings. The van der Waals surface area contributed by atoms with Gasteiger partial charge in [-0.3, -0.25) is 9.69 Å². The van der Waals surface area contributed by atoms with Gasteiger partial charge in [-0.15, -0.1) is 0 Å². The van der Waals surface area contributed by atoms with Crippen LogP contribution >= 0.6 is 0 Å². The molecule has 1 amide bonds. The number of amides is 1. The Kier molecular flexibility index (Phi) is 7.29. The van der Waals surface area contributed by atoms with E-state index in [9.17, 15) is 4.79 Å². The maximum Gasteiger partial charge on any atom is 0.234 e. The molecule has 0 aromatic heterocycles. The van der Waals surface area contributed by atoms with Gasteiger partial charge in [-0.05, 0) is 42.6 Å². The van der Waals surface area contributed by atoms with Crippen molar-refractivity contribution in [1.29, 1.82) is 0 Å². The standard InChI is InChI=1S/C24H33N3O2/c1-17(2)23(18-10-12-20(29-4)13-11-18)26-22(28)16-25-21-14-15-27(3)24(21)19-8-6-5-7-9-19/h5-13,17,21,23-25H,14-16H2,1-4H3,(H,26,28)/t21-,23+,24+/m0/s1. The highest BCUT2D eigenvalue weighted by Gasteiger charge is 2.33. The van der Waals surface area contributed by atoms with E-state index < -0.39 is 0 Å². The normalized spacial score (nSPS) is 20.6. The highest BCUT2D eigenvalue weighted by molar-refractivity contribution is 5.78. The van der Waals surface area contributed by atoms with E-state index in [0.29, 0.717) is 18.5 Å². The maximum absolute atomic E-state index is 12.7. The summed E-state index contributed by atoms with van der Waals surface area (Å²) in [5, 5.41) is 6.70. The van der Waals surface area contributed by atoms with Crippen LogP contribution in [0.4, 0.5) is 0 Å². The second-order valence-electron chi connectivity index (χ2n) is 8.17. The van der Waals surface area contributed by atoms with Crippen LogP contribution in [0.5, 0.6) is 5.75 Å². The molecule has 3 atom stereocenters. The van der Waals surface area contributed by atoms with Gasteiger partial charge < -0.3 is 15.4 Å². The summed E-state index contributed by atoms with van der Waals surface area (Å²) in [4.78, 5) is 15.1. The Morgan fingerprint density at radius 3 is 2.45 bits per heavy atom. The van der Waals surface area contributed by atoms with Gasteiger partial charge >= 0.3 is 0 Å². The summed E-state index contributed by atoms with van der Waals surface area (Å²) >= 11 is 0. The predicted octanol–water partition coefficient (Wildman–Crippen LogP) is 3.54. The molecule has 1 heterocycles. The monoisotopic (exact) mass is 395 g/mol. The molecule has 29 heavy (non-hydrogen) atoms. The average molecular weight is 396 g/mol. The van der Waals surface area contributed by atoms with Crippen molar-refractivity contribution in [2.24, 2.45) is 5.92 Å². The number of methoxy groups -OCH3 is 1. The topological polar surface area (TPSA) is 53.6 Å². The minimum atomic E-state index is -0.0219. The number of hydrogen-bond donors (Lipinski definition) is 2. The van der Waals surface area contributed by atoms with Crippen molar-refractivity contribution in [1.82, 2.24) is 15.5 Å². The number of likely N-dealkylation sites (tertiary alicyclic amines) is 1. The van der Waals surface area contributed by atoms with E-state index in [0.717, 1.165) is 24.3 Å². The Balaban J connectivity index is 1.60. The molecule has 5 heteroatoms.